The van der Waals surface area contributed by atoms with Crippen molar-refractivity contribution in [2.75, 3.05) is 10.2 Å². The number of nitrogens with zero attached hydrogens (tertiary/aromatic N) is 3. The number of aromatic nitrogens is 2. The Balaban J connectivity index is 1.66. The van der Waals surface area contributed by atoms with E-state index in [1.54, 1.807) is 25.1 Å². The second-order valence-electron chi connectivity index (χ2n) is 7.83. The monoisotopic (exact) mass is 497 g/mol. The normalized spacial score (nSPS) is 11.9. The molecule has 184 valence electrons. The Bertz CT molecular complexity index is 1460. The quantitative estimate of drug-likeness (QED) is 0.275. The molecule has 7 nitrogen and oxygen atoms in total. The molecule has 1 atom stereocenters. The van der Waals surface area contributed by atoms with Crippen molar-refractivity contribution >= 4 is 34.2 Å². The van der Waals surface area contributed by atoms with Crippen LogP contribution in [-0.2, 0) is 0 Å². The molecule has 0 unspecified atom stereocenters. The SMILES string of the molecule is C[C@@H](Nc1ncnc2c(C(N)=O)cccc12)c1cccc(N(C(=O)c2ccc(F)cc2F)C(F)F)c1. The van der Waals surface area contributed by atoms with Gasteiger partial charge in [-0.2, -0.15) is 8.78 Å². The molecule has 1 heterocycles. The number of alkyl halides is 2. The first kappa shape index (κ1) is 24.6. The number of nitrogens with one attached hydrogen (secondary N) is 1. The maximum Gasteiger partial charge on any atom is 0.321 e. The van der Waals surface area contributed by atoms with E-state index in [4.69, 9.17) is 5.73 Å². The Morgan fingerprint density at radius 3 is 2.42 bits per heavy atom. The number of nitrogens with two attached hydrogens (primary N) is 1. The molecule has 0 aliphatic carbocycles. The van der Waals surface area contributed by atoms with E-state index in [2.05, 4.69) is 15.3 Å². The third-order valence-corrected chi connectivity index (χ3v) is 5.51. The number of hydrogen-bond acceptors (Lipinski definition) is 5. The predicted molar refractivity (Wildman–Crippen MR) is 126 cm³/mol. The van der Waals surface area contributed by atoms with Gasteiger partial charge in [-0.25, -0.2) is 18.7 Å². The summed E-state index contributed by atoms with van der Waals surface area (Å²) < 4.78 is 55.2. The van der Waals surface area contributed by atoms with Gasteiger partial charge in [-0.05, 0) is 48.9 Å². The first-order chi connectivity index (χ1) is 17.2. The zero-order valence-electron chi connectivity index (χ0n) is 18.8. The minimum absolute atomic E-state index is 0.131. The summed E-state index contributed by atoms with van der Waals surface area (Å²) in [4.78, 5) is 32.9. The molecule has 2 amide bonds. The highest BCUT2D eigenvalue weighted by Crippen LogP contribution is 2.29. The molecular weight excluding hydrogens is 478 g/mol. The number of rotatable bonds is 7. The molecule has 0 spiro atoms. The van der Waals surface area contributed by atoms with Crippen molar-refractivity contribution < 1.29 is 27.2 Å². The van der Waals surface area contributed by atoms with Gasteiger partial charge in [0, 0.05) is 17.1 Å². The largest absolute Gasteiger partial charge is 0.366 e. The topological polar surface area (TPSA) is 101 Å². The van der Waals surface area contributed by atoms with Crippen LogP contribution in [0.1, 0.15) is 39.2 Å². The summed E-state index contributed by atoms with van der Waals surface area (Å²) in [5, 5.41) is 3.66. The lowest BCUT2D eigenvalue weighted by Crippen LogP contribution is -2.36. The highest BCUT2D eigenvalue weighted by molar-refractivity contribution is 6.07. The minimum atomic E-state index is -3.29. The molecular formula is C25H19F4N5O2. The summed E-state index contributed by atoms with van der Waals surface area (Å²) in [6, 6.07) is 12.2. The molecule has 0 bridgehead atoms. The molecule has 36 heavy (non-hydrogen) atoms. The van der Waals surface area contributed by atoms with Gasteiger partial charge in [0.05, 0.1) is 22.7 Å². The smallest absolute Gasteiger partial charge is 0.321 e. The number of carbonyl (C=O) groups is 2. The van der Waals surface area contributed by atoms with Gasteiger partial charge in [0.25, 0.3) is 11.8 Å². The van der Waals surface area contributed by atoms with Crippen LogP contribution in [0.2, 0.25) is 0 Å². The van der Waals surface area contributed by atoms with Crippen LogP contribution < -0.4 is 16.0 Å². The first-order valence-electron chi connectivity index (χ1n) is 10.6. The van der Waals surface area contributed by atoms with Crippen LogP contribution in [0.5, 0.6) is 0 Å². The minimum Gasteiger partial charge on any atom is -0.366 e. The summed E-state index contributed by atoms with van der Waals surface area (Å²) in [7, 11) is 0. The van der Waals surface area contributed by atoms with Crippen LogP contribution in [0, 0.1) is 11.6 Å². The maximum atomic E-state index is 14.1. The fourth-order valence-corrected chi connectivity index (χ4v) is 3.75. The zero-order valence-corrected chi connectivity index (χ0v) is 18.8. The fourth-order valence-electron chi connectivity index (χ4n) is 3.75. The van der Waals surface area contributed by atoms with Crippen LogP contribution in [0.15, 0.2) is 67.0 Å². The Hall–Kier alpha value is -4.54. The molecule has 3 N–H and O–H groups in total. The van der Waals surface area contributed by atoms with E-state index >= 15 is 0 Å². The molecule has 0 fully saturated rings. The van der Waals surface area contributed by atoms with Crippen molar-refractivity contribution in [2.45, 2.75) is 19.5 Å². The summed E-state index contributed by atoms with van der Waals surface area (Å²) in [5.41, 5.74) is 5.61. The lowest BCUT2D eigenvalue weighted by molar-refractivity contribution is 0.0834. The standard InChI is InChI=1S/C25H19F4N5O2/c1-13(33-23-19-7-3-6-18(22(30)35)21(19)31-12-32-23)14-4-2-5-16(10-14)34(25(28)29)24(36)17-9-8-15(26)11-20(17)27/h2-13,25H,1H3,(H2,30,35)(H,31,32,33)/t13-/m1/s1. The number of anilines is 2. The molecule has 0 radical (unpaired) electrons. The maximum absolute atomic E-state index is 14.1. The Labute approximate surface area is 202 Å². The number of benzene rings is 3. The Morgan fingerprint density at radius 2 is 1.72 bits per heavy atom. The summed E-state index contributed by atoms with van der Waals surface area (Å²) in [6.45, 7) is -1.56. The molecule has 3 aromatic carbocycles. The van der Waals surface area contributed by atoms with Gasteiger partial charge in [-0.1, -0.05) is 18.2 Å². The van der Waals surface area contributed by atoms with Gasteiger partial charge in [-0.3, -0.25) is 14.5 Å². The molecule has 0 saturated heterocycles. The summed E-state index contributed by atoms with van der Waals surface area (Å²) >= 11 is 0. The number of para-hydroxylation sites is 1. The average Bonchev–Trinajstić information content (AvgIpc) is 2.83. The number of fused-ring (bicyclic) bond motifs is 1. The van der Waals surface area contributed by atoms with Crippen LogP contribution >= 0.6 is 0 Å². The zero-order chi connectivity index (χ0) is 26.0. The Kier molecular flexibility index (Phi) is 6.82. The van der Waals surface area contributed by atoms with Crippen molar-refractivity contribution in [3.63, 3.8) is 0 Å². The molecule has 0 aliphatic heterocycles. The lowest BCUT2D eigenvalue weighted by Gasteiger charge is -2.24. The third kappa shape index (κ3) is 4.81. The Morgan fingerprint density at radius 1 is 0.972 bits per heavy atom. The molecule has 1 aromatic heterocycles. The summed E-state index contributed by atoms with van der Waals surface area (Å²) in [5.74, 6) is -3.78. The third-order valence-electron chi connectivity index (χ3n) is 5.51. The molecule has 4 rings (SSSR count). The lowest BCUT2D eigenvalue weighted by atomic mass is 10.1. The number of primary amides is 1. The van der Waals surface area contributed by atoms with Gasteiger partial charge in [0.1, 0.15) is 23.8 Å². The average molecular weight is 497 g/mol. The van der Waals surface area contributed by atoms with E-state index in [0.717, 1.165) is 12.1 Å². The van der Waals surface area contributed by atoms with Crippen molar-refractivity contribution in [1.82, 2.24) is 9.97 Å². The van der Waals surface area contributed by atoms with Crippen molar-refractivity contribution in [1.29, 1.82) is 0 Å². The second kappa shape index (κ2) is 9.98. The second-order valence-corrected chi connectivity index (χ2v) is 7.83. The number of hydrogen-bond donors (Lipinski definition) is 2. The predicted octanol–water partition coefficient (Wildman–Crippen LogP) is 5.05. The fraction of sp³-hybridized carbons (Fsp3) is 0.120. The van der Waals surface area contributed by atoms with Gasteiger partial charge in [0.15, 0.2) is 0 Å². The van der Waals surface area contributed by atoms with Crippen LogP contribution in [0.3, 0.4) is 0 Å². The van der Waals surface area contributed by atoms with Crippen molar-refractivity contribution in [3.05, 3.63) is 95.3 Å². The van der Waals surface area contributed by atoms with Gasteiger partial charge in [0.2, 0.25) is 0 Å². The van der Waals surface area contributed by atoms with Gasteiger partial charge < -0.3 is 11.1 Å². The van der Waals surface area contributed by atoms with E-state index < -0.39 is 41.6 Å². The molecule has 11 heteroatoms. The van der Waals surface area contributed by atoms with Gasteiger partial charge in [-0.15, -0.1) is 0 Å². The highest BCUT2D eigenvalue weighted by atomic mass is 19.3. The molecule has 0 saturated carbocycles. The van der Waals surface area contributed by atoms with Crippen molar-refractivity contribution in [2.24, 2.45) is 5.73 Å². The number of amides is 2. The van der Waals surface area contributed by atoms with E-state index in [1.165, 1.54) is 30.6 Å². The van der Waals surface area contributed by atoms with Crippen LogP contribution in [0.4, 0.5) is 29.1 Å². The van der Waals surface area contributed by atoms with E-state index in [-0.39, 0.29) is 16.2 Å². The highest BCUT2D eigenvalue weighted by Gasteiger charge is 2.28. The first-order valence-corrected chi connectivity index (χ1v) is 10.6. The number of carbonyl (C=O) groups excluding carboxylic acids is 2. The van der Waals surface area contributed by atoms with Gasteiger partial charge >= 0.3 is 6.55 Å². The summed E-state index contributed by atoms with van der Waals surface area (Å²) in [6.07, 6.45) is 1.26. The van der Waals surface area contributed by atoms with Crippen LogP contribution in [-0.4, -0.2) is 28.3 Å². The van der Waals surface area contributed by atoms with Crippen molar-refractivity contribution in [3.8, 4) is 0 Å². The van der Waals surface area contributed by atoms with E-state index in [1.807, 2.05) is 0 Å². The van der Waals surface area contributed by atoms with Crippen LogP contribution in [0.25, 0.3) is 10.9 Å². The molecule has 4 aromatic rings. The van der Waals surface area contributed by atoms with E-state index in [0.29, 0.717) is 28.4 Å². The molecule has 0 aliphatic rings. The number of halogens is 4. The van der Waals surface area contributed by atoms with E-state index in [9.17, 15) is 27.2 Å².